The van der Waals surface area contributed by atoms with Crippen LogP contribution in [-0.4, -0.2) is 18.4 Å². The van der Waals surface area contributed by atoms with Crippen LogP contribution in [0, 0.1) is 0 Å². The van der Waals surface area contributed by atoms with Gasteiger partial charge in [-0.3, -0.25) is 9.59 Å². The molecule has 0 spiro atoms. The number of carbonyl (C=O) groups is 2. The zero-order valence-corrected chi connectivity index (χ0v) is 15.1. The summed E-state index contributed by atoms with van der Waals surface area (Å²) in [5.41, 5.74) is 2.54. The molecule has 4 nitrogen and oxygen atoms in total. The van der Waals surface area contributed by atoms with Crippen LogP contribution in [0.15, 0.2) is 59.7 Å². The zero-order valence-electron chi connectivity index (χ0n) is 13.5. The highest BCUT2D eigenvalue weighted by Crippen LogP contribution is 2.34. The molecule has 2 heterocycles. The van der Waals surface area contributed by atoms with Crippen molar-refractivity contribution in [2.24, 2.45) is 0 Å². The number of carbonyl (C=O) groups excluding carboxylic acids is 2. The van der Waals surface area contributed by atoms with Crippen molar-refractivity contribution < 1.29 is 14.3 Å². The number of imide groups is 1. The highest BCUT2D eigenvalue weighted by molar-refractivity contribution is 6.39. The van der Waals surface area contributed by atoms with Gasteiger partial charge < -0.3 is 4.74 Å². The number of rotatable bonds is 2. The van der Waals surface area contributed by atoms with Gasteiger partial charge in [-0.05, 0) is 42.0 Å². The summed E-state index contributed by atoms with van der Waals surface area (Å²) in [6.45, 7) is 0.351. The number of ether oxygens (including phenoxy) is 1. The number of para-hydroxylation sites is 1. The van der Waals surface area contributed by atoms with Gasteiger partial charge in [-0.2, -0.15) is 0 Å². The number of benzene rings is 2. The van der Waals surface area contributed by atoms with E-state index in [2.05, 4.69) is 0 Å². The molecule has 1 fully saturated rings. The van der Waals surface area contributed by atoms with Crippen molar-refractivity contribution in [1.82, 2.24) is 0 Å². The highest BCUT2D eigenvalue weighted by atomic mass is 35.5. The van der Waals surface area contributed by atoms with Crippen LogP contribution in [0.5, 0.6) is 5.75 Å². The van der Waals surface area contributed by atoms with E-state index >= 15 is 0 Å². The fourth-order valence-electron chi connectivity index (χ4n) is 3.03. The quantitative estimate of drug-likeness (QED) is 0.557. The minimum absolute atomic E-state index is 0.0246. The largest absolute Gasteiger partial charge is 0.488 e. The molecular formula is C20H13Cl2NO3. The van der Waals surface area contributed by atoms with Gasteiger partial charge in [-0.15, -0.1) is 0 Å². The monoisotopic (exact) mass is 385 g/mol. The molecule has 0 saturated carbocycles. The molecule has 0 N–H and O–H groups in total. The van der Waals surface area contributed by atoms with Crippen LogP contribution >= 0.6 is 23.2 Å². The Kier molecular flexibility index (Phi) is 4.31. The lowest BCUT2D eigenvalue weighted by Gasteiger charge is -2.16. The third kappa shape index (κ3) is 3.02. The number of halogens is 2. The maximum atomic E-state index is 12.7. The summed E-state index contributed by atoms with van der Waals surface area (Å²) in [5, 5.41) is 0.700. The van der Waals surface area contributed by atoms with Gasteiger partial charge in [-0.1, -0.05) is 41.4 Å². The lowest BCUT2D eigenvalue weighted by atomic mass is 10.0. The van der Waals surface area contributed by atoms with Gasteiger partial charge in [0.2, 0.25) is 5.91 Å². The molecule has 1 saturated heterocycles. The second kappa shape index (κ2) is 6.63. The van der Waals surface area contributed by atoms with Crippen molar-refractivity contribution in [3.05, 3.63) is 75.3 Å². The van der Waals surface area contributed by atoms with Crippen molar-refractivity contribution in [3.63, 3.8) is 0 Å². The van der Waals surface area contributed by atoms with Crippen LogP contribution in [0.25, 0.3) is 6.08 Å². The van der Waals surface area contributed by atoms with Crippen LogP contribution in [0.4, 0.5) is 5.69 Å². The van der Waals surface area contributed by atoms with Gasteiger partial charge in [0.1, 0.15) is 12.4 Å². The third-order valence-corrected chi connectivity index (χ3v) is 4.77. The van der Waals surface area contributed by atoms with E-state index in [9.17, 15) is 9.59 Å². The summed E-state index contributed by atoms with van der Waals surface area (Å²) in [6, 6.07) is 12.3. The predicted octanol–water partition coefficient (Wildman–Crippen LogP) is 4.66. The Bertz CT molecular complexity index is 994. The van der Waals surface area contributed by atoms with Gasteiger partial charge in [0.25, 0.3) is 5.91 Å². The lowest BCUT2D eigenvalue weighted by molar-refractivity contribution is -0.120. The molecule has 26 heavy (non-hydrogen) atoms. The number of hydrogen-bond donors (Lipinski definition) is 0. The first-order valence-corrected chi connectivity index (χ1v) is 8.74. The molecule has 6 heteroatoms. The predicted molar refractivity (Wildman–Crippen MR) is 102 cm³/mol. The average Bonchev–Trinajstić information content (AvgIpc) is 2.89. The highest BCUT2D eigenvalue weighted by Gasteiger charge is 2.36. The molecular weight excluding hydrogens is 373 g/mol. The average molecular weight is 386 g/mol. The molecule has 130 valence electrons. The Labute approximate surface area is 160 Å². The van der Waals surface area contributed by atoms with Gasteiger partial charge >= 0.3 is 0 Å². The number of anilines is 1. The standard InChI is InChI=1S/C20H13Cl2NO3/c21-15-5-6-17(16(22)10-15)23-19(24)9-14(20(23)25)8-12-7-13-3-1-2-4-18(13)26-11-12/h1-8,10H,9,11H2. The number of nitrogens with zero attached hydrogens (tertiary/aromatic N) is 1. The molecule has 0 aromatic heterocycles. The van der Waals surface area contributed by atoms with Crippen molar-refractivity contribution in [3.8, 4) is 5.75 Å². The first-order chi connectivity index (χ1) is 12.5. The normalized spacial score (nSPS) is 18.0. The second-order valence-corrected chi connectivity index (χ2v) is 6.87. The Morgan fingerprint density at radius 1 is 1.08 bits per heavy atom. The Morgan fingerprint density at radius 3 is 2.69 bits per heavy atom. The van der Waals surface area contributed by atoms with E-state index in [4.69, 9.17) is 27.9 Å². The van der Waals surface area contributed by atoms with Crippen molar-refractivity contribution in [2.75, 3.05) is 11.5 Å². The number of hydrogen-bond acceptors (Lipinski definition) is 3. The van der Waals surface area contributed by atoms with Gasteiger partial charge in [0.15, 0.2) is 0 Å². The van der Waals surface area contributed by atoms with Crippen LogP contribution in [0.1, 0.15) is 12.0 Å². The Hall–Kier alpha value is -2.56. The van der Waals surface area contributed by atoms with E-state index in [0.29, 0.717) is 22.9 Å². The molecule has 2 aliphatic heterocycles. The number of amides is 2. The van der Waals surface area contributed by atoms with E-state index in [1.54, 1.807) is 18.2 Å². The first kappa shape index (κ1) is 16.9. The molecule has 0 atom stereocenters. The van der Waals surface area contributed by atoms with E-state index in [0.717, 1.165) is 21.8 Å². The van der Waals surface area contributed by atoms with Gasteiger partial charge in [-0.25, -0.2) is 4.90 Å². The smallest absolute Gasteiger partial charge is 0.261 e. The molecule has 0 aliphatic carbocycles. The minimum Gasteiger partial charge on any atom is -0.488 e. The fraction of sp³-hybridized carbons (Fsp3) is 0.100. The summed E-state index contributed by atoms with van der Waals surface area (Å²) < 4.78 is 5.69. The summed E-state index contributed by atoms with van der Waals surface area (Å²) >= 11 is 12.0. The SMILES string of the molecule is O=C1CC(=CC2=Cc3ccccc3OC2)C(=O)N1c1ccc(Cl)cc1Cl. The topological polar surface area (TPSA) is 46.6 Å². The first-order valence-electron chi connectivity index (χ1n) is 7.98. The Balaban J connectivity index is 1.66. The van der Waals surface area contributed by atoms with Gasteiger partial charge in [0, 0.05) is 16.2 Å². The van der Waals surface area contributed by atoms with Crippen LogP contribution in [-0.2, 0) is 9.59 Å². The molecule has 4 rings (SSSR count). The molecule has 2 aliphatic rings. The molecule has 0 unspecified atom stereocenters. The summed E-state index contributed by atoms with van der Waals surface area (Å²) in [7, 11) is 0. The molecule has 2 aromatic carbocycles. The second-order valence-electron chi connectivity index (χ2n) is 6.02. The maximum Gasteiger partial charge on any atom is 0.261 e. The fourth-order valence-corrected chi connectivity index (χ4v) is 3.53. The Morgan fingerprint density at radius 2 is 1.88 bits per heavy atom. The number of fused-ring (bicyclic) bond motifs is 1. The van der Waals surface area contributed by atoms with Crippen molar-refractivity contribution in [2.45, 2.75) is 6.42 Å². The molecule has 0 radical (unpaired) electrons. The van der Waals surface area contributed by atoms with E-state index in [1.807, 2.05) is 30.3 Å². The van der Waals surface area contributed by atoms with Gasteiger partial charge in [0.05, 0.1) is 17.1 Å². The van der Waals surface area contributed by atoms with Crippen LogP contribution in [0.3, 0.4) is 0 Å². The zero-order chi connectivity index (χ0) is 18.3. The van der Waals surface area contributed by atoms with Crippen LogP contribution < -0.4 is 9.64 Å². The summed E-state index contributed by atoms with van der Waals surface area (Å²) in [6.07, 6.45) is 3.71. The van der Waals surface area contributed by atoms with E-state index < -0.39 is 0 Å². The minimum atomic E-state index is -0.376. The van der Waals surface area contributed by atoms with Crippen molar-refractivity contribution in [1.29, 1.82) is 0 Å². The summed E-state index contributed by atoms with van der Waals surface area (Å²) in [5.74, 6) is 0.111. The molecule has 0 bridgehead atoms. The third-order valence-electron chi connectivity index (χ3n) is 4.23. The van der Waals surface area contributed by atoms with E-state index in [1.165, 1.54) is 6.07 Å². The van der Waals surface area contributed by atoms with Crippen LogP contribution in [0.2, 0.25) is 10.0 Å². The maximum absolute atomic E-state index is 12.7. The summed E-state index contributed by atoms with van der Waals surface area (Å²) in [4.78, 5) is 26.2. The molecule has 2 amide bonds. The lowest BCUT2D eigenvalue weighted by Crippen LogP contribution is -2.29. The van der Waals surface area contributed by atoms with E-state index in [-0.39, 0.29) is 23.3 Å². The molecule has 2 aromatic rings. The van der Waals surface area contributed by atoms with Crippen molar-refractivity contribution >= 4 is 46.8 Å².